The number of fused-ring (bicyclic) bond motifs is 2. The van der Waals surface area contributed by atoms with Crippen molar-refractivity contribution in [2.24, 2.45) is 5.73 Å². The second-order valence-electron chi connectivity index (χ2n) is 8.87. The number of hydrogen-bond donors (Lipinski definition) is 1. The molecule has 0 radical (unpaired) electrons. The van der Waals surface area contributed by atoms with Gasteiger partial charge < -0.3 is 20.3 Å². The van der Waals surface area contributed by atoms with Gasteiger partial charge >= 0.3 is 0 Å². The fourth-order valence-corrected chi connectivity index (χ4v) is 4.48. The number of carbonyl (C=O) groups is 2. The molecule has 11 heteroatoms. The van der Waals surface area contributed by atoms with Crippen LogP contribution in [0.3, 0.4) is 0 Å². The minimum atomic E-state index is -0.509. The minimum Gasteiger partial charge on any atom is -0.370 e. The number of aromatic nitrogens is 5. The van der Waals surface area contributed by atoms with Crippen LogP contribution in [0.2, 0.25) is 0 Å². The molecule has 2 aromatic heterocycles. The molecule has 0 aliphatic carbocycles. The molecule has 3 heterocycles. The van der Waals surface area contributed by atoms with E-state index in [9.17, 15) is 9.59 Å². The third kappa shape index (κ3) is 4.96. The first-order valence-corrected chi connectivity index (χ1v) is 11.9. The molecular formula is C25H28N8O3. The van der Waals surface area contributed by atoms with Crippen molar-refractivity contribution in [3.8, 4) is 0 Å². The second-order valence-corrected chi connectivity index (χ2v) is 8.87. The van der Waals surface area contributed by atoms with Crippen LogP contribution in [-0.2, 0) is 16.1 Å². The van der Waals surface area contributed by atoms with Crippen LogP contribution >= 0.6 is 0 Å². The van der Waals surface area contributed by atoms with Gasteiger partial charge in [0.2, 0.25) is 11.8 Å². The number of primary amides is 1. The van der Waals surface area contributed by atoms with E-state index in [1.165, 1.54) is 0 Å². The summed E-state index contributed by atoms with van der Waals surface area (Å²) < 4.78 is 7.28. The van der Waals surface area contributed by atoms with Gasteiger partial charge in [0.1, 0.15) is 17.9 Å². The molecule has 186 valence electrons. The zero-order valence-corrected chi connectivity index (χ0v) is 20.1. The van der Waals surface area contributed by atoms with E-state index in [0.717, 1.165) is 42.8 Å². The van der Waals surface area contributed by atoms with Gasteiger partial charge in [0.05, 0.1) is 35.9 Å². The lowest BCUT2D eigenvalue weighted by Crippen LogP contribution is -2.47. The van der Waals surface area contributed by atoms with Crippen LogP contribution in [0.4, 0.5) is 5.82 Å². The van der Waals surface area contributed by atoms with E-state index in [-0.39, 0.29) is 25.2 Å². The number of nitrogens with zero attached hydrogens (tertiary/aromatic N) is 7. The number of carbonyl (C=O) groups excluding carboxylic acids is 2. The number of para-hydroxylation sites is 2. The van der Waals surface area contributed by atoms with E-state index in [1.54, 1.807) is 27.8 Å². The molecule has 2 aromatic carbocycles. The standard InChI is InChI=1S/C25H28N8O3/c1-31(18-8-10-32(11-9-18)23-15-27-19-4-2-3-5-20(19)28-23)24(34)16-36-13-12-33-22-14-17(25(26)35)6-7-21(22)29-30-33/h2-7,14-15,18H,8-13,16H2,1H3,(H2,26,35). The quantitative estimate of drug-likeness (QED) is 0.370. The van der Waals surface area contributed by atoms with E-state index in [0.29, 0.717) is 23.1 Å². The number of rotatable bonds is 8. The predicted molar refractivity (Wildman–Crippen MR) is 134 cm³/mol. The van der Waals surface area contributed by atoms with Crippen LogP contribution in [0.15, 0.2) is 48.7 Å². The van der Waals surface area contributed by atoms with Gasteiger partial charge in [-0.25, -0.2) is 9.67 Å². The van der Waals surface area contributed by atoms with Gasteiger partial charge in [0.15, 0.2) is 0 Å². The molecule has 1 saturated heterocycles. The van der Waals surface area contributed by atoms with E-state index in [1.807, 2.05) is 37.5 Å². The van der Waals surface area contributed by atoms with Gasteiger partial charge in [-0.1, -0.05) is 17.3 Å². The summed E-state index contributed by atoms with van der Waals surface area (Å²) in [6.07, 6.45) is 3.52. The summed E-state index contributed by atoms with van der Waals surface area (Å²) >= 11 is 0. The summed E-state index contributed by atoms with van der Waals surface area (Å²) in [5, 5.41) is 8.18. The Bertz CT molecular complexity index is 1400. The van der Waals surface area contributed by atoms with Crippen molar-refractivity contribution < 1.29 is 14.3 Å². The number of anilines is 1. The Labute approximate surface area is 207 Å². The number of piperidine rings is 1. The minimum absolute atomic E-state index is 0.00791. The van der Waals surface area contributed by atoms with Crippen molar-refractivity contribution in [3.63, 3.8) is 0 Å². The molecule has 1 fully saturated rings. The van der Waals surface area contributed by atoms with Crippen LogP contribution in [0.25, 0.3) is 22.1 Å². The average Bonchev–Trinajstić information content (AvgIpc) is 3.32. The Balaban J connectivity index is 1.09. The molecule has 0 unspecified atom stereocenters. The van der Waals surface area contributed by atoms with Crippen molar-refractivity contribution in [2.75, 3.05) is 38.3 Å². The highest BCUT2D eigenvalue weighted by molar-refractivity contribution is 5.96. The van der Waals surface area contributed by atoms with Crippen molar-refractivity contribution in [1.29, 1.82) is 0 Å². The Morgan fingerprint density at radius 1 is 1.11 bits per heavy atom. The van der Waals surface area contributed by atoms with Crippen molar-refractivity contribution in [1.82, 2.24) is 29.9 Å². The summed E-state index contributed by atoms with van der Waals surface area (Å²) in [5.74, 6) is 0.303. The van der Waals surface area contributed by atoms with Crippen molar-refractivity contribution in [3.05, 3.63) is 54.2 Å². The van der Waals surface area contributed by atoms with E-state index in [4.69, 9.17) is 15.5 Å². The first-order chi connectivity index (χ1) is 17.5. The van der Waals surface area contributed by atoms with Crippen LogP contribution in [-0.4, -0.2) is 81.1 Å². The molecule has 0 atom stereocenters. The third-order valence-corrected chi connectivity index (χ3v) is 6.64. The molecule has 0 spiro atoms. The molecule has 2 N–H and O–H groups in total. The fraction of sp³-hybridized carbons (Fsp3) is 0.360. The van der Waals surface area contributed by atoms with Crippen LogP contribution < -0.4 is 10.6 Å². The number of benzene rings is 2. The van der Waals surface area contributed by atoms with E-state index in [2.05, 4.69) is 20.2 Å². The maximum atomic E-state index is 12.7. The van der Waals surface area contributed by atoms with Crippen molar-refractivity contribution >= 4 is 39.7 Å². The Hall–Kier alpha value is -4.12. The zero-order valence-electron chi connectivity index (χ0n) is 20.1. The van der Waals surface area contributed by atoms with Crippen LogP contribution in [0.5, 0.6) is 0 Å². The van der Waals surface area contributed by atoms with Crippen LogP contribution in [0, 0.1) is 0 Å². The van der Waals surface area contributed by atoms with E-state index < -0.39 is 5.91 Å². The van der Waals surface area contributed by atoms with Crippen molar-refractivity contribution in [2.45, 2.75) is 25.4 Å². The smallest absolute Gasteiger partial charge is 0.248 e. The summed E-state index contributed by atoms with van der Waals surface area (Å²) in [6, 6.07) is 13.0. The SMILES string of the molecule is CN(C(=O)COCCn1nnc2ccc(C(N)=O)cc21)C1CCN(c2cnc3ccccc3n2)CC1. The first-order valence-electron chi connectivity index (χ1n) is 11.9. The Morgan fingerprint density at radius 3 is 2.67 bits per heavy atom. The van der Waals surface area contributed by atoms with E-state index >= 15 is 0 Å². The average molecular weight is 489 g/mol. The maximum absolute atomic E-state index is 12.7. The fourth-order valence-electron chi connectivity index (χ4n) is 4.48. The molecule has 1 aliphatic heterocycles. The van der Waals surface area contributed by atoms with Gasteiger partial charge in [0.25, 0.3) is 0 Å². The van der Waals surface area contributed by atoms with Gasteiger partial charge in [-0.3, -0.25) is 14.6 Å². The maximum Gasteiger partial charge on any atom is 0.248 e. The predicted octanol–water partition coefficient (Wildman–Crippen LogP) is 1.62. The number of ether oxygens (including phenoxy) is 1. The number of amides is 2. The molecule has 4 aromatic rings. The summed E-state index contributed by atoms with van der Waals surface area (Å²) in [4.78, 5) is 37.4. The third-order valence-electron chi connectivity index (χ3n) is 6.64. The lowest BCUT2D eigenvalue weighted by atomic mass is 10.0. The zero-order chi connectivity index (χ0) is 25.1. The molecule has 36 heavy (non-hydrogen) atoms. The Morgan fingerprint density at radius 2 is 1.89 bits per heavy atom. The molecule has 0 bridgehead atoms. The molecule has 1 aliphatic rings. The highest BCUT2D eigenvalue weighted by Gasteiger charge is 2.26. The highest BCUT2D eigenvalue weighted by atomic mass is 16.5. The molecule has 11 nitrogen and oxygen atoms in total. The van der Waals surface area contributed by atoms with Gasteiger partial charge in [-0.05, 0) is 43.2 Å². The summed E-state index contributed by atoms with van der Waals surface area (Å²) in [5.41, 5.74) is 8.88. The van der Waals surface area contributed by atoms with Crippen LogP contribution in [0.1, 0.15) is 23.2 Å². The lowest BCUT2D eigenvalue weighted by Gasteiger charge is -2.37. The molecular weight excluding hydrogens is 460 g/mol. The second kappa shape index (κ2) is 10.2. The molecule has 2 amide bonds. The monoisotopic (exact) mass is 488 g/mol. The Kier molecular flexibility index (Phi) is 6.72. The molecule has 0 saturated carbocycles. The number of hydrogen-bond acceptors (Lipinski definition) is 8. The number of nitrogens with two attached hydrogens (primary N) is 1. The highest BCUT2D eigenvalue weighted by Crippen LogP contribution is 2.22. The number of likely N-dealkylation sites (N-methyl/N-ethyl adjacent to an activating group) is 1. The van der Waals surface area contributed by atoms with Gasteiger partial charge in [-0.2, -0.15) is 0 Å². The molecule has 5 rings (SSSR count). The normalized spacial score (nSPS) is 14.4. The summed E-state index contributed by atoms with van der Waals surface area (Å²) in [7, 11) is 1.83. The largest absolute Gasteiger partial charge is 0.370 e. The topological polar surface area (TPSA) is 132 Å². The first kappa shape index (κ1) is 23.6. The summed E-state index contributed by atoms with van der Waals surface area (Å²) in [6.45, 7) is 2.30. The van der Waals surface area contributed by atoms with Gasteiger partial charge in [-0.15, -0.1) is 5.10 Å². The lowest BCUT2D eigenvalue weighted by molar-refractivity contribution is -0.137. The van der Waals surface area contributed by atoms with Gasteiger partial charge in [0, 0.05) is 31.7 Å².